The van der Waals surface area contributed by atoms with Gasteiger partial charge in [0, 0.05) is 23.5 Å². The van der Waals surface area contributed by atoms with Crippen LogP contribution in [0.1, 0.15) is 28.9 Å². The number of aryl methyl sites for hydroxylation is 1. The Morgan fingerprint density at radius 3 is 2.47 bits per heavy atom. The summed E-state index contributed by atoms with van der Waals surface area (Å²) in [5, 5.41) is 7.36. The van der Waals surface area contributed by atoms with Crippen LogP contribution in [0.5, 0.6) is 0 Å². The van der Waals surface area contributed by atoms with Crippen LogP contribution in [-0.2, 0) is 16.1 Å². The summed E-state index contributed by atoms with van der Waals surface area (Å²) < 4.78 is 2.03. The highest BCUT2D eigenvalue weighted by Gasteiger charge is 2.12. The largest absolute Gasteiger partial charge is 0.352 e. The van der Waals surface area contributed by atoms with Crippen LogP contribution in [0.25, 0.3) is 5.69 Å². The number of carbonyl (C=O) groups is 2. The average Bonchev–Trinajstić information content (AvgIpc) is 3.01. The number of benzene rings is 2. The maximum Gasteiger partial charge on any atom is 0.249 e. The van der Waals surface area contributed by atoms with Crippen molar-refractivity contribution in [1.29, 1.82) is 0 Å². The molecule has 0 spiro atoms. The fraction of sp³-hybridized carbons (Fsp3) is 0.174. The van der Waals surface area contributed by atoms with Gasteiger partial charge in [0.15, 0.2) is 0 Å². The highest BCUT2D eigenvalue weighted by Crippen LogP contribution is 2.25. The molecule has 0 aliphatic rings. The Kier molecular flexibility index (Phi) is 7.03. The smallest absolute Gasteiger partial charge is 0.249 e. The second-order valence-electron chi connectivity index (χ2n) is 6.85. The molecule has 0 atom stereocenters. The number of hydrogen-bond donors (Lipinski definition) is 2. The van der Waals surface area contributed by atoms with Crippen LogP contribution in [-0.4, -0.2) is 22.6 Å². The summed E-state index contributed by atoms with van der Waals surface area (Å²) in [5.74, 6) is -0.833. The van der Waals surface area contributed by atoms with Gasteiger partial charge in [0.05, 0.1) is 16.9 Å². The molecule has 0 fully saturated rings. The predicted octanol–water partition coefficient (Wildman–Crippen LogP) is 3.90. The molecule has 0 saturated carbocycles. The van der Waals surface area contributed by atoms with Gasteiger partial charge in [-0.25, -0.2) is 5.43 Å². The summed E-state index contributed by atoms with van der Waals surface area (Å²) in [6.07, 6.45) is 1.28. The molecule has 2 amide bonds. The van der Waals surface area contributed by atoms with Gasteiger partial charge in [-0.2, -0.15) is 5.10 Å². The van der Waals surface area contributed by atoms with Gasteiger partial charge in [-0.05, 0) is 37.6 Å². The first-order valence-corrected chi connectivity index (χ1v) is 9.90. The summed E-state index contributed by atoms with van der Waals surface area (Å²) in [6, 6.07) is 19.1. The van der Waals surface area contributed by atoms with Crippen molar-refractivity contribution in [1.82, 2.24) is 15.3 Å². The maximum atomic E-state index is 12.0. The van der Waals surface area contributed by atoms with Gasteiger partial charge in [0.2, 0.25) is 11.8 Å². The van der Waals surface area contributed by atoms with Gasteiger partial charge in [-0.3, -0.25) is 9.59 Å². The van der Waals surface area contributed by atoms with E-state index in [1.54, 1.807) is 6.21 Å². The summed E-state index contributed by atoms with van der Waals surface area (Å²) >= 11 is 6.32. The molecule has 0 aliphatic heterocycles. The van der Waals surface area contributed by atoms with E-state index in [0.717, 1.165) is 28.2 Å². The van der Waals surface area contributed by atoms with Gasteiger partial charge in [-0.15, -0.1) is 0 Å². The summed E-state index contributed by atoms with van der Waals surface area (Å²) in [4.78, 5) is 23.9. The van der Waals surface area contributed by atoms with Crippen molar-refractivity contribution in [3.8, 4) is 5.69 Å². The van der Waals surface area contributed by atoms with Gasteiger partial charge < -0.3 is 9.88 Å². The molecular weight excluding hydrogens is 400 g/mol. The molecule has 0 aliphatic carbocycles. The Bertz CT molecular complexity index is 1070. The zero-order valence-corrected chi connectivity index (χ0v) is 17.6. The molecule has 7 heteroatoms. The minimum atomic E-state index is -0.475. The normalized spacial score (nSPS) is 10.9. The Balaban J connectivity index is 1.56. The zero-order valence-electron chi connectivity index (χ0n) is 16.9. The van der Waals surface area contributed by atoms with Crippen molar-refractivity contribution in [2.75, 3.05) is 0 Å². The van der Waals surface area contributed by atoms with E-state index >= 15 is 0 Å². The first kappa shape index (κ1) is 21.3. The third kappa shape index (κ3) is 5.36. The number of amides is 2. The lowest BCUT2D eigenvalue weighted by molar-refractivity contribution is -0.129. The maximum absolute atomic E-state index is 12.0. The van der Waals surface area contributed by atoms with E-state index in [1.165, 1.54) is 0 Å². The molecule has 0 radical (unpaired) electrons. The molecule has 0 unspecified atom stereocenters. The van der Waals surface area contributed by atoms with Crippen molar-refractivity contribution >= 4 is 29.6 Å². The van der Waals surface area contributed by atoms with E-state index in [4.69, 9.17) is 11.6 Å². The number of aromatic nitrogens is 1. The minimum absolute atomic E-state index is 0.289. The number of nitrogens with zero attached hydrogens (tertiary/aromatic N) is 2. The first-order valence-electron chi connectivity index (χ1n) is 9.52. The second-order valence-corrected chi connectivity index (χ2v) is 7.25. The summed E-state index contributed by atoms with van der Waals surface area (Å²) in [7, 11) is 0. The number of hydrogen-bond acceptors (Lipinski definition) is 3. The van der Waals surface area contributed by atoms with E-state index < -0.39 is 5.91 Å². The van der Waals surface area contributed by atoms with Crippen molar-refractivity contribution in [3.63, 3.8) is 0 Å². The van der Waals surface area contributed by atoms with Gasteiger partial charge >= 0.3 is 0 Å². The van der Waals surface area contributed by atoms with Crippen molar-refractivity contribution in [2.24, 2.45) is 5.10 Å². The molecule has 0 saturated heterocycles. The monoisotopic (exact) mass is 422 g/mol. The van der Waals surface area contributed by atoms with Crippen molar-refractivity contribution < 1.29 is 9.59 Å². The molecule has 30 heavy (non-hydrogen) atoms. The molecule has 154 valence electrons. The Morgan fingerprint density at radius 1 is 1.03 bits per heavy atom. The van der Waals surface area contributed by atoms with E-state index in [0.29, 0.717) is 11.6 Å². The van der Waals surface area contributed by atoms with E-state index in [1.807, 2.05) is 79.1 Å². The number of rotatable bonds is 7. The lowest BCUT2D eigenvalue weighted by Gasteiger charge is -2.11. The highest BCUT2D eigenvalue weighted by molar-refractivity contribution is 6.32. The summed E-state index contributed by atoms with van der Waals surface area (Å²) in [5.41, 5.74) is 7.04. The Morgan fingerprint density at radius 2 is 1.73 bits per heavy atom. The minimum Gasteiger partial charge on any atom is -0.352 e. The molecular formula is C23H23ClN4O2. The van der Waals surface area contributed by atoms with Crippen LogP contribution in [0.4, 0.5) is 0 Å². The molecule has 2 aromatic carbocycles. The molecule has 2 N–H and O–H groups in total. The van der Waals surface area contributed by atoms with Crippen LogP contribution >= 0.6 is 11.6 Å². The number of nitrogens with one attached hydrogen (secondary N) is 2. The number of para-hydroxylation sites is 1. The number of carbonyl (C=O) groups excluding carboxylic acids is 2. The fourth-order valence-corrected chi connectivity index (χ4v) is 3.36. The van der Waals surface area contributed by atoms with Crippen LogP contribution < -0.4 is 10.7 Å². The average molecular weight is 423 g/mol. The molecule has 1 heterocycles. The van der Waals surface area contributed by atoms with E-state index in [2.05, 4.69) is 15.8 Å². The van der Waals surface area contributed by atoms with Crippen LogP contribution in [0.3, 0.4) is 0 Å². The molecule has 6 nitrogen and oxygen atoms in total. The SMILES string of the molecule is Cc1cc(/C=N/NC(=O)CC(=O)NCc2ccccc2)c(C)n1-c1ccccc1Cl. The Hall–Kier alpha value is -3.38. The van der Waals surface area contributed by atoms with Crippen molar-refractivity contribution in [2.45, 2.75) is 26.8 Å². The topological polar surface area (TPSA) is 75.5 Å². The first-order chi connectivity index (χ1) is 14.5. The van der Waals surface area contributed by atoms with Crippen LogP contribution in [0, 0.1) is 13.8 Å². The van der Waals surface area contributed by atoms with E-state index in [-0.39, 0.29) is 12.3 Å². The molecule has 3 rings (SSSR count). The predicted molar refractivity (Wildman–Crippen MR) is 119 cm³/mol. The summed E-state index contributed by atoms with van der Waals surface area (Å²) in [6.45, 7) is 4.31. The quantitative estimate of drug-likeness (QED) is 0.344. The molecule has 3 aromatic rings. The third-order valence-corrected chi connectivity index (χ3v) is 4.93. The zero-order chi connectivity index (χ0) is 21.5. The van der Waals surface area contributed by atoms with Crippen LogP contribution in [0.2, 0.25) is 5.02 Å². The Labute approximate surface area is 180 Å². The van der Waals surface area contributed by atoms with Gasteiger partial charge in [-0.1, -0.05) is 54.1 Å². The standard InChI is InChI=1S/C23H23ClN4O2/c1-16-12-19(17(2)28(16)21-11-7-6-10-20(21)24)15-26-27-23(30)13-22(29)25-14-18-8-4-3-5-9-18/h3-12,15H,13-14H2,1-2H3,(H,25,29)(H,27,30)/b26-15+. The highest BCUT2D eigenvalue weighted by atomic mass is 35.5. The molecule has 0 bridgehead atoms. The number of hydrazone groups is 1. The van der Waals surface area contributed by atoms with E-state index in [9.17, 15) is 9.59 Å². The molecule has 1 aromatic heterocycles. The van der Waals surface area contributed by atoms with Gasteiger partial charge in [0.25, 0.3) is 0 Å². The fourth-order valence-electron chi connectivity index (χ4n) is 3.14. The van der Waals surface area contributed by atoms with Gasteiger partial charge in [0.1, 0.15) is 6.42 Å². The lowest BCUT2D eigenvalue weighted by atomic mass is 10.2. The third-order valence-electron chi connectivity index (χ3n) is 4.61. The number of halogens is 1. The van der Waals surface area contributed by atoms with Crippen molar-refractivity contribution in [3.05, 3.63) is 88.2 Å². The second kappa shape index (κ2) is 9.89. The lowest BCUT2D eigenvalue weighted by Crippen LogP contribution is -2.29. The van der Waals surface area contributed by atoms with Crippen LogP contribution in [0.15, 0.2) is 65.8 Å².